The Hall–Kier alpha value is -2.89. The Bertz CT molecular complexity index is 758. The maximum Gasteiger partial charge on any atom is 0.322 e. The summed E-state index contributed by atoms with van der Waals surface area (Å²) in [5.74, 6) is 0. The molecule has 2 amide bonds. The molecule has 3 rings (SSSR count). The van der Waals surface area contributed by atoms with E-state index in [2.05, 4.69) is 17.4 Å². The minimum absolute atomic E-state index is 0.00630. The molecule has 1 aliphatic rings. The van der Waals surface area contributed by atoms with Crippen LogP contribution in [-0.2, 0) is 0 Å². The third-order valence-electron chi connectivity index (χ3n) is 4.27. The molecule has 6 nitrogen and oxygen atoms in total. The molecule has 2 aromatic carbocycles. The van der Waals surface area contributed by atoms with Crippen LogP contribution in [0.5, 0.6) is 0 Å². The van der Waals surface area contributed by atoms with Crippen LogP contribution in [0.15, 0.2) is 48.5 Å². The monoisotopic (exact) mass is 325 g/mol. The number of nitrogens with one attached hydrogen (secondary N) is 1. The van der Waals surface area contributed by atoms with Gasteiger partial charge >= 0.3 is 6.03 Å². The highest BCUT2D eigenvalue weighted by molar-refractivity contribution is 5.90. The standard InChI is InChI=1S/C18H19N3O3/c1-13-4-2-5-14(12-13)17-6-3-11-20(17)18(22)19-15-7-9-16(10-8-15)21(23)24/h2,4-5,7-10,12,17H,3,6,11H2,1H3,(H,19,22)/t17-/m0/s1. The molecule has 1 N–H and O–H groups in total. The zero-order chi connectivity index (χ0) is 17.1. The first-order valence-electron chi connectivity index (χ1n) is 7.93. The number of hydrogen-bond acceptors (Lipinski definition) is 3. The molecule has 1 atom stereocenters. The quantitative estimate of drug-likeness (QED) is 0.676. The summed E-state index contributed by atoms with van der Waals surface area (Å²) in [4.78, 5) is 24.6. The Morgan fingerprint density at radius 1 is 1.25 bits per heavy atom. The van der Waals surface area contributed by atoms with Gasteiger partial charge in [-0.15, -0.1) is 0 Å². The summed E-state index contributed by atoms with van der Waals surface area (Å²) in [5, 5.41) is 13.5. The topological polar surface area (TPSA) is 75.5 Å². The summed E-state index contributed by atoms with van der Waals surface area (Å²) in [7, 11) is 0. The Labute approximate surface area is 140 Å². The number of non-ortho nitro benzene ring substituents is 1. The summed E-state index contributed by atoms with van der Waals surface area (Å²) >= 11 is 0. The Balaban J connectivity index is 1.72. The van der Waals surface area contributed by atoms with Gasteiger partial charge in [0.1, 0.15) is 0 Å². The van der Waals surface area contributed by atoms with Crippen molar-refractivity contribution >= 4 is 17.4 Å². The number of carbonyl (C=O) groups excluding carboxylic acids is 1. The molecule has 0 bridgehead atoms. The highest BCUT2D eigenvalue weighted by Gasteiger charge is 2.30. The van der Waals surface area contributed by atoms with Crippen LogP contribution in [-0.4, -0.2) is 22.4 Å². The van der Waals surface area contributed by atoms with Crippen LogP contribution >= 0.6 is 0 Å². The second kappa shape index (κ2) is 6.70. The van der Waals surface area contributed by atoms with Crippen LogP contribution in [0.2, 0.25) is 0 Å². The molecule has 1 saturated heterocycles. The molecule has 0 aliphatic carbocycles. The van der Waals surface area contributed by atoms with E-state index in [1.807, 2.05) is 24.0 Å². The molecule has 6 heteroatoms. The van der Waals surface area contributed by atoms with Gasteiger partial charge < -0.3 is 10.2 Å². The minimum atomic E-state index is -0.458. The second-order valence-corrected chi connectivity index (χ2v) is 6.00. The van der Waals surface area contributed by atoms with E-state index in [-0.39, 0.29) is 17.8 Å². The molecule has 1 aliphatic heterocycles. The number of urea groups is 1. The van der Waals surface area contributed by atoms with Gasteiger partial charge in [0.15, 0.2) is 0 Å². The molecule has 1 heterocycles. The van der Waals surface area contributed by atoms with Crippen molar-refractivity contribution in [2.24, 2.45) is 0 Å². The number of nitrogens with zero attached hydrogens (tertiary/aromatic N) is 2. The number of amides is 2. The summed E-state index contributed by atoms with van der Waals surface area (Å²) in [6.45, 7) is 2.75. The van der Waals surface area contributed by atoms with Crippen molar-refractivity contribution in [1.29, 1.82) is 0 Å². The SMILES string of the molecule is Cc1cccc([C@@H]2CCCN2C(=O)Nc2ccc([N+](=O)[O-])cc2)c1. The number of nitro groups is 1. The number of likely N-dealkylation sites (tertiary alicyclic amines) is 1. The zero-order valence-corrected chi connectivity index (χ0v) is 13.4. The third-order valence-corrected chi connectivity index (χ3v) is 4.27. The number of rotatable bonds is 3. The van der Waals surface area contributed by atoms with Gasteiger partial charge in [0.05, 0.1) is 11.0 Å². The Morgan fingerprint density at radius 3 is 2.67 bits per heavy atom. The molecule has 0 radical (unpaired) electrons. The van der Waals surface area contributed by atoms with Gasteiger partial charge in [0.25, 0.3) is 5.69 Å². The van der Waals surface area contributed by atoms with Crippen LogP contribution < -0.4 is 5.32 Å². The van der Waals surface area contributed by atoms with Crippen LogP contribution in [0, 0.1) is 17.0 Å². The second-order valence-electron chi connectivity index (χ2n) is 6.00. The smallest absolute Gasteiger partial charge is 0.317 e. The van der Waals surface area contributed by atoms with Gasteiger partial charge in [0.2, 0.25) is 0 Å². The molecule has 0 saturated carbocycles. The van der Waals surface area contributed by atoms with Crippen molar-refractivity contribution < 1.29 is 9.72 Å². The maximum absolute atomic E-state index is 12.6. The summed E-state index contributed by atoms with van der Waals surface area (Å²) in [6, 6.07) is 14.0. The lowest BCUT2D eigenvalue weighted by Gasteiger charge is -2.25. The molecule has 124 valence electrons. The van der Waals surface area contributed by atoms with Gasteiger partial charge in [0, 0.05) is 24.4 Å². The third kappa shape index (κ3) is 3.37. The van der Waals surface area contributed by atoms with Gasteiger partial charge in [-0.2, -0.15) is 0 Å². The molecular formula is C18H19N3O3. The average Bonchev–Trinajstić information content (AvgIpc) is 3.05. The van der Waals surface area contributed by atoms with Gasteiger partial charge in [-0.05, 0) is 37.5 Å². The van der Waals surface area contributed by atoms with Crippen molar-refractivity contribution in [3.05, 3.63) is 69.8 Å². The van der Waals surface area contributed by atoms with Crippen LogP contribution in [0.3, 0.4) is 0 Å². The van der Waals surface area contributed by atoms with E-state index in [9.17, 15) is 14.9 Å². The van der Waals surface area contributed by atoms with Gasteiger partial charge in [-0.3, -0.25) is 10.1 Å². The fourth-order valence-electron chi connectivity index (χ4n) is 3.10. The molecule has 0 spiro atoms. The predicted molar refractivity (Wildman–Crippen MR) is 92.0 cm³/mol. The predicted octanol–water partition coefficient (Wildman–Crippen LogP) is 4.27. The average molecular weight is 325 g/mol. The summed E-state index contributed by atoms with van der Waals surface area (Å²) in [6.07, 6.45) is 1.91. The Kier molecular flexibility index (Phi) is 4.46. The fraction of sp³-hybridized carbons (Fsp3) is 0.278. The summed E-state index contributed by atoms with van der Waals surface area (Å²) in [5.41, 5.74) is 2.88. The van der Waals surface area contributed by atoms with Crippen molar-refractivity contribution in [1.82, 2.24) is 4.90 Å². The molecule has 0 aromatic heterocycles. The molecular weight excluding hydrogens is 306 g/mol. The van der Waals surface area contributed by atoms with E-state index in [0.29, 0.717) is 12.2 Å². The number of hydrogen-bond donors (Lipinski definition) is 1. The van der Waals surface area contributed by atoms with Gasteiger partial charge in [-0.1, -0.05) is 29.8 Å². The molecule has 2 aromatic rings. The lowest BCUT2D eigenvalue weighted by atomic mass is 10.0. The highest BCUT2D eigenvalue weighted by atomic mass is 16.6. The summed E-state index contributed by atoms with van der Waals surface area (Å²) < 4.78 is 0. The zero-order valence-electron chi connectivity index (χ0n) is 13.4. The van der Waals surface area contributed by atoms with Crippen LogP contribution in [0.4, 0.5) is 16.2 Å². The first-order chi connectivity index (χ1) is 11.5. The molecule has 1 fully saturated rings. The molecule has 0 unspecified atom stereocenters. The highest BCUT2D eigenvalue weighted by Crippen LogP contribution is 2.32. The van der Waals surface area contributed by atoms with E-state index < -0.39 is 4.92 Å². The van der Waals surface area contributed by atoms with Crippen LogP contribution in [0.1, 0.15) is 30.0 Å². The van der Waals surface area contributed by atoms with Crippen molar-refractivity contribution in [3.63, 3.8) is 0 Å². The minimum Gasteiger partial charge on any atom is -0.317 e. The Morgan fingerprint density at radius 2 is 2.00 bits per heavy atom. The number of benzene rings is 2. The largest absolute Gasteiger partial charge is 0.322 e. The van der Waals surface area contributed by atoms with E-state index >= 15 is 0 Å². The van der Waals surface area contributed by atoms with E-state index in [4.69, 9.17) is 0 Å². The fourth-order valence-corrected chi connectivity index (χ4v) is 3.10. The lowest BCUT2D eigenvalue weighted by molar-refractivity contribution is -0.384. The number of aryl methyl sites for hydroxylation is 1. The van der Waals surface area contributed by atoms with Crippen molar-refractivity contribution in [3.8, 4) is 0 Å². The van der Waals surface area contributed by atoms with Crippen LogP contribution in [0.25, 0.3) is 0 Å². The number of anilines is 1. The van der Waals surface area contributed by atoms with Gasteiger partial charge in [-0.25, -0.2) is 4.79 Å². The van der Waals surface area contributed by atoms with E-state index in [1.54, 1.807) is 12.1 Å². The number of carbonyl (C=O) groups is 1. The van der Waals surface area contributed by atoms with Crippen molar-refractivity contribution in [2.75, 3.05) is 11.9 Å². The number of nitro benzene ring substituents is 1. The maximum atomic E-state index is 12.6. The van der Waals surface area contributed by atoms with Crippen molar-refractivity contribution in [2.45, 2.75) is 25.8 Å². The lowest BCUT2D eigenvalue weighted by Crippen LogP contribution is -2.34. The molecule has 24 heavy (non-hydrogen) atoms. The normalized spacial score (nSPS) is 16.9. The van der Waals surface area contributed by atoms with E-state index in [1.165, 1.54) is 17.7 Å². The first kappa shape index (κ1) is 16.0. The first-order valence-corrected chi connectivity index (χ1v) is 7.93. The van der Waals surface area contributed by atoms with E-state index in [0.717, 1.165) is 18.4 Å².